The van der Waals surface area contributed by atoms with Crippen molar-refractivity contribution in [2.24, 2.45) is 0 Å². The lowest BCUT2D eigenvalue weighted by atomic mass is 9.98. The van der Waals surface area contributed by atoms with Crippen molar-refractivity contribution in [3.8, 4) is 45.7 Å². The minimum atomic E-state index is -0.529. The first-order chi connectivity index (χ1) is 19.8. The van der Waals surface area contributed by atoms with Crippen LogP contribution >= 0.6 is 11.8 Å². The van der Waals surface area contributed by atoms with E-state index < -0.39 is 5.25 Å². The fraction of sp³-hybridized carbons (Fsp3) is 0.242. The summed E-state index contributed by atoms with van der Waals surface area (Å²) in [7, 11) is 4.64. The van der Waals surface area contributed by atoms with Gasteiger partial charge in [0.15, 0.2) is 11.5 Å². The molecule has 3 aromatic carbocycles. The number of nitriles is 1. The van der Waals surface area contributed by atoms with Crippen molar-refractivity contribution in [2.75, 3.05) is 26.6 Å². The number of nitrogens with zero attached hydrogens (tertiary/aromatic N) is 2. The number of rotatable bonds is 10. The van der Waals surface area contributed by atoms with Crippen molar-refractivity contribution in [1.82, 2.24) is 4.98 Å². The molecule has 0 spiro atoms. The van der Waals surface area contributed by atoms with Crippen LogP contribution in [-0.2, 0) is 4.79 Å². The maximum atomic E-state index is 13.2. The Labute approximate surface area is 245 Å². The van der Waals surface area contributed by atoms with Crippen molar-refractivity contribution in [3.63, 3.8) is 0 Å². The summed E-state index contributed by atoms with van der Waals surface area (Å²) < 4.78 is 16.6. The van der Waals surface area contributed by atoms with E-state index in [0.29, 0.717) is 50.6 Å². The normalized spacial score (nSPS) is 11.5. The molecule has 1 heterocycles. The topological polar surface area (TPSA) is 93.5 Å². The van der Waals surface area contributed by atoms with Gasteiger partial charge in [0.1, 0.15) is 11.1 Å². The van der Waals surface area contributed by atoms with Crippen molar-refractivity contribution >= 4 is 23.4 Å². The number of nitrogens with one attached hydrogen (secondary N) is 1. The van der Waals surface area contributed by atoms with Crippen molar-refractivity contribution in [3.05, 3.63) is 83.9 Å². The molecule has 0 saturated carbocycles. The molecule has 0 aliphatic heterocycles. The molecular weight excluding hydrogens is 534 g/mol. The van der Waals surface area contributed by atoms with E-state index in [9.17, 15) is 10.1 Å². The molecule has 4 rings (SSSR count). The average Bonchev–Trinajstić information content (AvgIpc) is 3.00. The predicted molar refractivity (Wildman–Crippen MR) is 164 cm³/mol. The number of amides is 1. The highest BCUT2D eigenvalue weighted by Gasteiger charge is 2.23. The molecule has 1 N–H and O–H groups in total. The van der Waals surface area contributed by atoms with E-state index in [4.69, 9.17) is 19.2 Å². The highest BCUT2D eigenvalue weighted by Crippen LogP contribution is 2.43. The molecule has 8 heteroatoms. The van der Waals surface area contributed by atoms with Crippen molar-refractivity contribution in [2.45, 2.75) is 37.0 Å². The van der Waals surface area contributed by atoms with Gasteiger partial charge in [0.25, 0.3) is 0 Å². The van der Waals surface area contributed by atoms with E-state index in [-0.39, 0.29) is 5.91 Å². The third-order valence-electron chi connectivity index (χ3n) is 6.65. The third-order valence-corrected chi connectivity index (χ3v) is 7.73. The number of carbonyl (C=O) groups is 1. The second-order valence-electron chi connectivity index (χ2n) is 9.65. The van der Waals surface area contributed by atoms with Crippen LogP contribution in [0.5, 0.6) is 17.2 Å². The van der Waals surface area contributed by atoms with Crippen LogP contribution < -0.4 is 19.5 Å². The van der Waals surface area contributed by atoms with Crippen LogP contribution in [0, 0.1) is 11.3 Å². The minimum absolute atomic E-state index is 0.183. The zero-order valence-corrected chi connectivity index (χ0v) is 24.8. The van der Waals surface area contributed by atoms with Crippen LogP contribution in [0.1, 0.15) is 37.8 Å². The third kappa shape index (κ3) is 6.64. The van der Waals surface area contributed by atoms with Gasteiger partial charge in [-0.1, -0.05) is 68.1 Å². The molecule has 0 aliphatic carbocycles. The highest BCUT2D eigenvalue weighted by molar-refractivity contribution is 8.00. The van der Waals surface area contributed by atoms with E-state index >= 15 is 0 Å². The van der Waals surface area contributed by atoms with Gasteiger partial charge >= 0.3 is 0 Å². The molecule has 0 aliphatic rings. The van der Waals surface area contributed by atoms with Gasteiger partial charge < -0.3 is 19.5 Å². The Balaban J connectivity index is 1.77. The number of aromatic nitrogens is 1. The number of benzene rings is 3. The van der Waals surface area contributed by atoms with E-state index in [0.717, 1.165) is 11.3 Å². The smallest absolute Gasteiger partial charge is 0.237 e. The van der Waals surface area contributed by atoms with Gasteiger partial charge in [-0.3, -0.25) is 4.79 Å². The van der Waals surface area contributed by atoms with Gasteiger partial charge in [0.2, 0.25) is 11.7 Å². The summed E-state index contributed by atoms with van der Waals surface area (Å²) in [5, 5.41) is 13.3. The number of methoxy groups -OCH3 is 3. The van der Waals surface area contributed by atoms with Gasteiger partial charge in [0, 0.05) is 16.8 Å². The summed E-state index contributed by atoms with van der Waals surface area (Å²) in [4.78, 5) is 18.0. The summed E-state index contributed by atoms with van der Waals surface area (Å²) in [5.74, 6) is 1.61. The molecule has 1 atom stereocenters. The number of hydrogen-bond donors (Lipinski definition) is 1. The molecule has 4 aromatic rings. The van der Waals surface area contributed by atoms with Crippen LogP contribution in [0.3, 0.4) is 0 Å². The molecule has 1 aromatic heterocycles. The van der Waals surface area contributed by atoms with Gasteiger partial charge in [-0.25, -0.2) is 4.98 Å². The van der Waals surface area contributed by atoms with E-state index in [1.165, 1.54) is 17.3 Å². The van der Waals surface area contributed by atoms with Crippen LogP contribution in [0.15, 0.2) is 77.8 Å². The van der Waals surface area contributed by atoms with Crippen molar-refractivity contribution in [1.29, 1.82) is 5.26 Å². The molecule has 1 unspecified atom stereocenters. The molecule has 0 fully saturated rings. The highest BCUT2D eigenvalue weighted by atomic mass is 32.2. The lowest BCUT2D eigenvalue weighted by molar-refractivity contribution is -0.115. The Morgan fingerprint density at radius 2 is 1.51 bits per heavy atom. The second-order valence-corrected chi connectivity index (χ2v) is 11.0. The Hall–Kier alpha value is -4.48. The summed E-state index contributed by atoms with van der Waals surface area (Å²) in [6, 6.07) is 25.4. The maximum Gasteiger partial charge on any atom is 0.237 e. The minimum Gasteiger partial charge on any atom is -0.493 e. The monoisotopic (exact) mass is 567 g/mol. The number of pyridine rings is 1. The number of thioether (sulfide) groups is 1. The number of anilines is 1. The summed E-state index contributed by atoms with van der Waals surface area (Å²) in [6.45, 7) is 6.06. The van der Waals surface area contributed by atoms with Crippen LogP contribution in [0.4, 0.5) is 5.69 Å². The molecule has 210 valence electrons. The summed E-state index contributed by atoms with van der Waals surface area (Å²) in [5.41, 5.74) is 5.16. The molecule has 7 nitrogen and oxygen atoms in total. The standard InChI is InChI=1S/C33H33N3O4S/c1-20(2)22-12-14-25(15-13-22)35-32(37)21(3)41-33-27(19-34)26(18-28(36-33)23-10-8-7-9-11-23)24-16-29(38-4)31(40-6)30(17-24)39-5/h7-18,20-21H,1-6H3,(H,35,37). The van der Waals surface area contributed by atoms with E-state index in [2.05, 4.69) is 25.2 Å². The largest absolute Gasteiger partial charge is 0.493 e. The molecule has 0 saturated heterocycles. The van der Waals surface area contributed by atoms with Crippen LogP contribution in [0.25, 0.3) is 22.4 Å². The SMILES string of the molecule is COc1cc(-c2cc(-c3ccccc3)nc(SC(C)C(=O)Nc3ccc(C(C)C)cc3)c2C#N)cc(OC)c1OC. The fourth-order valence-electron chi connectivity index (χ4n) is 4.35. The molecule has 1 amide bonds. The molecular formula is C33H33N3O4S. The Bertz CT molecular complexity index is 1540. The summed E-state index contributed by atoms with van der Waals surface area (Å²) >= 11 is 1.24. The predicted octanol–water partition coefficient (Wildman–Crippen LogP) is 7.56. The lowest BCUT2D eigenvalue weighted by Gasteiger charge is -2.18. The lowest BCUT2D eigenvalue weighted by Crippen LogP contribution is -2.22. The zero-order valence-electron chi connectivity index (χ0n) is 24.0. The van der Waals surface area contributed by atoms with E-state index in [1.54, 1.807) is 40.4 Å². The van der Waals surface area contributed by atoms with Gasteiger partial charge in [-0.15, -0.1) is 0 Å². The van der Waals surface area contributed by atoms with E-state index in [1.807, 2.05) is 60.7 Å². The first kappa shape index (κ1) is 29.5. The first-order valence-electron chi connectivity index (χ1n) is 13.2. The van der Waals surface area contributed by atoms with Crippen LogP contribution in [0.2, 0.25) is 0 Å². The second kappa shape index (κ2) is 13.2. The summed E-state index contributed by atoms with van der Waals surface area (Å²) in [6.07, 6.45) is 0. The fourth-order valence-corrected chi connectivity index (χ4v) is 5.28. The first-order valence-corrected chi connectivity index (χ1v) is 14.1. The van der Waals surface area contributed by atoms with Gasteiger partial charge in [-0.2, -0.15) is 5.26 Å². The van der Waals surface area contributed by atoms with Gasteiger partial charge in [-0.05, 0) is 54.3 Å². The zero-order chi connectivity index (χ0) is 29.5. The molecule has 0 bridgehead atoms. The quantitative estimate of drug-likeness (QED) is 0.198. The van der Waals surface area contributed by atoms with Gasteiger partial charge in [0.05, 0.1) is 37.8 Å². The number of carbonyl (C=O) groups excluding carboxylic acids is 1. The Kier molecular flexibility index (Phi) is 9.53. The number of ether oxygens (including phenoxy) is 3. The maximum absolute atomic E-state index is 13.2. The molecule has 0 radical (unpaired) electrons. The number of hydrogen-bond acceptors (Lipinski definition) is 7. The van der Waals surface area contributed by atoms with Crippen LogP contribution in [-0.4, -0.2) is 37.5 Å². The Morgan fingerprint density at radius 1 is 0.878 bits per heavy atom. The Morgan fingerprint density at radius 3 is 2.05 bits per heavy atom. The average molecular weight is 568 g/mol. The van der Waals surface area contributed by atoms with Crippen molar-refractivity contribution < 1.29 is 19.0 Å². The molecule has 41 heavy (non-hydrogen) atoms.